The van der Waals surface area contributed by atoms with Crippen LogP contribution in [0.5, 0.6) is 0 Å². The Hall–Kier alpha value is -1.54. The van der Waals surface area contributed by atoms with E-state index in [1.807, 2.05) is 24.4 Å². The maximum absolute atomic E-state index is 6.08. The van der Waals surface area contributed by atoms with Crippen molar-refractivity contribution in [2.45, 2.75) is 20.4 Å². The summed E-state index contributed by atoms with van der Waals surface area (Å²) in [5.74, 6) is 0. The topological polar surface area (TPSA) is 17.8 Å². The first-order valence-corrected chi connectivity index (χ1v) is 6.12. The van der Waals surface area contributed by atoms with Gasteiger partial charge in [0.25, 0.3) is 0 Å². The number of pyridine rings is 1. The number of rotatable bonds is 1. The van der Waals surface area contributed by atoms with Gasteiger partial charge in [0.15, 0.2) is 0 Å². The van der Waals surface area contributed by atoms with Crippen molar-refractivity contribution in [1.29, 1.82) is 0 Å². The molecule has 0 spiro atoms. The van der Waals surface area contributed by atoms with E-state index in [1.165, 1.54) is 16.5 Å². The number of nitrogens with zero attached hydrogens (tertiary/aromatic N) is 2. The average molecular weight is 245 g/mol. The molecule has 0 aliphatic carbocycles. The Bertz CT molecular complexity index is 713. The molecule has 0 atom stereocenters. The lowest BCUT2D eigenvalue weighted by Crippen LogP contribution is -1.92. The molecular formula is C14H13ClN2. The highest BCUT2D eigenvalue weighted by Crippen LogP contribution is 2.29. The van der Waals surface area contributed by atoms with E-state index >= 15 is 0 Å². The third-order valence-electron chi connectivity index (χ3n) is 3.20. The van der Waals surface area contributed by atoms with Gasteiger partial charge in [-0.1, -0.05) is 11.6 Å². The van der Waals surface area contributed by atoms with Crippen LogP contribution in [-0.2, 0) is 6.54 Å². The second-order valence-electron chi connectivity index (χ2n) is 4.28. The number of hydrogen-bond acceptors (Lipinski definition) is 1. The van der Waals surface area contributed by atoms with Crippen molar-refractivity contribution in [3.05, 3.63) is 41.2 Å². The molecule has 0 aliphatic heterocycles. The fourth-order valence-corrected chi connectivity index (χ4v) is 2.54. The van der Waals surface area contributed by atoms with Gasteiger partial charge in [-0.3, -0.25) is 4.98 Å². The third kappa shape index (κ3) is 1.52. The van der Waals surface area contributed by atoms with E-state index in [0.717, 1.165) is 22.5 Å². The van der Waals surface area contributed by atoms with Gasteiger partial charge in [-0.25, -0.2) is 0 Å². The second kappa shape index (κ2) is 3.74. The van der Waals surface area contributed by atoms with Crippen molar-refractivity contribution in [2.24, 2.45) is 0 Å². The van der Waals surface area contributed by atoms with E-state index in [0.29, 0.717) is 0 Å². The molecule has 0 amide bonds. The van der Waals surface area contributed by atoms with Gasteiger partial charge in [0.05, 0.1) is 11.0 Å². The predicted octanol–water partition coefficient (Wildman–Crippen LogP) is 4.17. The summed E-state index contributed by atoms with van der Waals surface area (Å²) in [4.78, 5) is 4.49. The molecule has 0 N–H and O–H groups in total. The third-order valence-corrected chi connectivity index (χ3v) is 3.44. The lowest BCUT2D eigenvalue weighted by molar-refractivity contribution is 0.797. The van der Waals surface area contributed by atoms with Gasteiger partial charge in [-0.05, 0) is 37.6 Å². The van der Waals surface area contributed by atoms with Crippen LogP contribution in [0.4, 0.5) is 0 Å². The highest BCUT2D eigenvalue weighted by atomic mass is 35.5. The van der Waals surface area contributed by atoms with Gasteiger partial charge in [0.1, 0.15) is 0 Å². The first kappa shape index (κ1) is 10.6. The zero-order valence-electron chi connectivity index (χ0n) is 9.87. The molecule has 3 rings (SSSR count). The Balaban J connectivity index is 2.56. The van der Waals surface area contributed by atoms with E-state index in [2.05, 4.69) is 29.6 Å². The number of hydrogen-bond donors (Lipinski definition) is 0. The SMILES string of the molecule is CCn1cc(C)c2cnc3ccc(Cl)cc3c21. The smallest absolute Gasteiger partial charge is 0.0724 e. The summed E-state index contributed by atoms with van der Waals surface area (Å²) in [5, 5.41) is 3.10. The zero-order valence-corrected chi connectivity index (χ0v) is 10.6. The Kier molecular flexibility index (Phi) is 2.33. The van der Waals surface area contributed by atoms with Crippen LogP contribution in [0.15, 0.2) is 30.6 Å². The maximum atomic E-state index is 6.08. The fourth-order valence-electron chi connectivity index (χ4n) is 2.37. The van der Waals surface area contributed by atoms with Crippen LogP contribution in [0.2, 0.25) is 5.02 Å². The van der Waals surface area contributed by atoms with Gasteiger partial charge in [-0.2, -0.15) is 0 Å². The minimum absolute atomic E-state index is 0.758. The van der Waals surface area contributed by atoms with Crippen molar-refractivity contribution in [1.82, 2.24) is 9.55 Å². The molecule has 0 unspecified atom stereocenters. The summed E-state index contributed by atoms with van der Waals surface area (Å²) in [7, 11) is 0. The fraction of sp³-hybridized carbons (Fsp3) is 0.214. The molecular weight excluding hydrogens is 232 g/mol. The van der Waals surface area contributed by atoms with Crippen LogP contribution in [0.25, 0.3) is 21.8 Å². The number of aromatic nitrogens is 2. The summed E-state index contributed by atoms with van der Waals surface area (Å²) < 4.78 is 2.25. The molecule has 0 bridgehead atoms. The van der Waals surface area contributed by atoms with Gasteiger partial charge in [0, 0.05) is 34.7 Å². The molecule has 86 valence electrons. The molecule has 3 aromatic rings. The summed E-state index contributed by atoms with van der Waals surface area (Å²) >= 11 is 6.08. The predicted molar refractivity (Wildman–Crippen MR) is 72.7 cm³/mol. The Morgan fingerprint density at radius 3 is 2.88 bits per heavy atom. The maximum Gasteiger partial charge on any atom is 0.0724 e. The Labute approximate surface area is 105 Å². The lowest BCUT2D eigenvalue weighted by Gasteiger charge is -2.05. The molecule has 2 heterocycles. The highest BCUT2D eigenvalue weighted by molar-refractivity contribution is 6.31. The molecule has 2 nitrogen and oxygen atoms in total. The van der Waals surface area contributed by atoms with Gasteiger partial charge in [0.2, 0.25) is 0 Å². The van der Waals surface area contributed by atoms with Crippen LogP contribution in [0.3, 0.4) is 0 Å². The number of fused-ring (bicyclic) bond motifs is 3. The summed E-state index contributed by atoms with van der Waals surface area (Å²) in [5.41, 5.74) is 3.49. The van der Waals surface area contributed by atoms with Crippen LogP contribution < -0.4 is 0 Å². The van der Waals surface area contributed by atoms with Gasteiger partial charge < -0.3 is 4.57 Å². The Morgan fingerprint density at radius 1 is 1.29 bits per heavy atom. The van der Waals surface area contributed by atoms with E-state index in [4.69, 9.17) is 11.6 Å². The molecule has 0 fully saturated rings. The molecule has 0 aliphatic rings. The number of aryl methyl sites for hydroxylation is 2. The van der Waals surface area contributed by atoms with E-state index < -0.39 is 0 Å². The largest absolute Gasteiger partial charge is 0.347 e. The number of halogens is 1. The van der Waals surface area contributed by atoms with Crippen molar-refractivity contribution >= 4 is 33.4 Å². The van der Waals surface area contributed by atoms with Crippen LogP contribution in [0, 0.1) is 6.92 Å². The Morgan fingerprint density at radius 2 is 2.12 bits per heavy atom. The molecule has 0 saturated heterocycles. The van der Waals surface area contributed by atoms with Crippen molar-refractivity contribution in [3.63, 3.8) is 0 Å². The lowest BCUT2D eigenvalue weighted by atomic mass is 10.1. The minimum atomic E-state index is 0.758. The van der Waals surface area contributed by atoms with E-state index in [9.17, 15) is 0 Å². The standard InChI is InChI=1S/C14H13ClN2/c1-3-17-8-9(2)12-7-16-13-5-4-10(15)6-11(13)14(12)17/h4-8H,3H2,1-2H3. The molecule has 3 heteroatoms. The van der Waals surface area contributed by atoms with Crippen LogP contribution in [-0.4, -0.2) is 9.55 Å². The van der Waals surface area contributed by atoms with Crippen molar-refractivity contribution < 1.29 is 0 Å². The van der Waals surface area contributed by atoms with Gasteiger partial charge >= 0.3 is 0 Å². The molecule has 2 aromatic heterocycles. The highest BCUT2D eigenvalue weighted by Gasteiger charge is 2.09. The summed E-state index contributed by atoms with van der Waals surface area (Å²) in [6, 6.07) is 5.85. The van der Waals surface area contributed by atoms with E-state index in [1.54, 1.807) is 0 Å². The molecule has 1 aromatic carbocycles. The quantitative estimate of drug-likeness (QED) is 0.628. The second-order valence-corrected chi connectivity index (χ2v) is 4.72. The summed E-state index contributed by atoms with van der Waals surface area (Å²) in [6.07, 6.45) is 4.12. The molecule has 0 saturated carbocycles. The monoisotopic (exact) mass is 244 g/mol. The normalized spacial score (nSPS) is 11.5. The molecule has 17 heavy (non-hydrogen) atoms. The van der Waals surface area contributed by atoms with Crippen molar-refractivity contribution in [3.8, 4) is 0 Å². The first-order chi connectivity index (χ1) is 8.20. The molecule has 0 radical (unpaired) electrons. The van der Waals surface area contributed by atoms with Crippen LogP contribution >= 0.6 is 11.6 Å². The summed E-state index contributed by atoms with van der Waals surface area (Å²) in [6.45, 7) is 5.22. The average Bonchev–Trinajstić information content (AvgIpc) is 2.66. The van der Waals surface area contributed by atoms with E-state index in [-0.39, 0.29) is 0 Å². The van der Waals surface area contributed by atoms with Crippen LogP contribution in [0.1, 0.15) is 12.5 Å². The zero-order chi connectivity index (χ0) is 12.0. The van der Waals surface area contributed by atoms with Crippen molar-refractivity contribution in [2.75, 3.05) is 0 Å². The van der Waals surface area contributed by atoms with Gasteiger partial charge in [-0.15, -0.1) is 0 Å². The number of benzene rings is 1. The minimum Gasteiger partial charge on any atom is -0.347 e. The first-order valence-electron chi connectivity index (χ1n) is 5.74.